The average molecular weight is 333 g/mol. The second-order valence-electron chi connectivity index (χ2n) is 9.00. The maximum atomic E-state index is 10.4. The Morgan fingerprint density at radius 1 is 1.17 bits per heavy atom. The Kier molecular flexibility index (Phi) is 3.78. The second-order valence-corrected chi connectivity index (χ2v) is 9.00. The lowest BCUT2D eigenvalue weighted by Crippen LogP contribution is -2.51. The maximum Gasteiger partial charge on any atom is 0.0841 e. The molecule has 4 heteroatoms. The van der Waals surface area contributed by atoms with E-state index >= 15 is 0 Å². The molecule has 4 rings (SSSR count). The van der Waals surface area contributed by atoms with Crippen LogP contribution >= 0.6 is 0 Å². The number of aliphatic hydroxyl groups excluding tert-OH is 2. The Bertz CT molecular complexity index is 600. The summed E-state index contributed by atoms with van der Waals surface area (Å²) in [4.78, 5) is 0. The van der Waals surface area contributed by atoms with Gasteiger partial charge in [0, 0.05) is 13.2 Å². The summed E-state index contributed by atoms with van der Waals surface area (Å²) in [7, 11) is 1.70. The van der Waals surface area contributed by atoms with Gasteiger partial charge in [-0.3, -0.25) is 0 Å². The Balaban J connectivity index is 1.72. The molecule has 0 aromatic heterocycles. The Labute approximate surface area is 144 Å². The zero-order valence-electron chi connectivity index (χ0n) is 15.0. The molecule has 4 N–H and O–H groups in total. The largest absolute Gasteiger partial charge is 0.391 e. The molecular weight excluding hydrogens is 302 g/mol. The fraction of sp³-hybridized carbons (Fsp3) is 0.800. The number of fused-ring (bicyclic) bond motifs is 5. The SMILES string of the molecule is COC1C[C@@]2(C)C(=CC=C3[C@H]2CC[C@]2(C)C(N)C(O)C[C@@H]32)CC1O. The van der Waals surface area contributed by atoms with E-state index in [9.17, 15) is 10.2 Å². The van der Waals surface area contributed by atoms with Crippen molar-refractivity contribution in [2.45, 2.75) is 70.3 Å². The number of hydrogen-bond acceptors (Lipinski definition) is 4. The zero-order chi connectivity index (χ0) is 17.3. The van der Waals surface area contributed by atoms with Crippen LogP contribution in [0.3, 0.4) is 0 Å². The lowest BCUT2D eigenvalue weighted by atomic mass is 9.50. The maximum absolute atomic E-state index is 10.4. The summed E-state index contributed by atoms with van der Waals surface area (Å²) < 4.78 is 5.58. The van der Waals surface area contributed by atoms with Gasteiger partial charge in [0.25, 0.3) is 0 Å². The summed E-state index contributed by atoms with van der Waals surface area (Å²) in [5, 5.41) is 20.7. The molecule has 8 atom stereocenters. The molecule has 0 bridgehead atoms. The van der Waals surface area contributed by atoms with Crippen LogP contribution in [-0.4, -0.2) is 41.7 Å². The van der Waals surface area contributed by atoms with E-state index in [1.165, 1.54) is 11.1 Å². The normalized spacial score (nSPS) is 53.6. The molecule has 4 unspecified atom stereocenters. The lowest BCUT2D eigenvalue weighted by Gasteiger charge is -2.55. The van der Waals surface area contributed by atoms with Crippen molar-refractivity contribution in [2.75, 3.05) is 7.11 Å². The molecule has 4 aliphatic carbocycles. The summed E-state index contributed by atoms with van der Waals surface area (Å²) in [6, 6.07) is -0.123. The molecule has 24 heavy (non-hydrogen) atoms. The van der Waals surface area contributed by atoms with Crippen LogP contribution < -0.4 is 5.73 Å². The summed E-state index contributed by atoms with van der Waals surface area (Å²) in [5.74, 6) is 0.863. The summed E-state index contributed by atoms with van der Waals surface area (Å²) in [5.41, 5.74) is 9.28. The molecule has 0 aliphatic heterocycles. The van der Waals surface area contributed by atoms with Crippen LogP contribution in [0.5, 0.6) is 0 Å². The van der Waals surface area contributed by atoms with Crippen LogP contribution in [0.15, 0.2) is 23.3 Å². The molecule has 134 valence electrons. The summed E-state index contributed by atoms with van der Waals surface area (Å²) in [6.45, 7) is 4.61. The highest BCUT2D eigenvalue weighted by Crippen LogP contribution is 2.63. The van der Waals surface area contributed by atoms with E-state index in [0.717, 1.165) is 25.7 Å². The minimum atomic E-state index is -0.403. The van der Waals surface area contributed by atoms with Gasteiger partial charge in [0.1, 0.15) is 0 Å². The van der Waals surface area contributed by atoms with Gasteiger partial charge in [0.15, 0.2) is 0 Å². The van der Waals surface area contributed by atoms with Crippen molar-refractivity contribution in [3.8, 4) is 0 Å². The van der Waals surface area contributed by atoms with Crippen molar-refractivity contribution in [3.63, 3.8) is 0 Å². The fourth-order valence-electron chi connectivity index (χ4n) is 6.31. The first kappa shape index (κ1) is 16.8. The smallest absolute Gasteiger partial charge is 0.0841 e. The first-order valence-corrected chi connectivity index (χ1v) is 9.37. The van der Waals surface area contributed by atoms with Gasteiger partial charge in [-0.25, -0.2) is 0 Å². The molecule has 0 aromatic rings. The van der Waals surface area contributed by atoms with Crippen LogP contribution in [-0.2, 0) is 4.74 Å². The second kappa shape index (κ2) is 5.41. The summed E-state index contributed by atoms with van der Waals surface area (Å²) >= 11 is 0. The lowest BCUT2D eigenvalue weighted by molar-refractivity contribution is -0.0649. The van der Waals surface area contributed by atoms with Gasteiger partial charge in [-0.15, -0.1) is 0 Å². The van der Waals surface area contributed by atoms with Gasteiger partial charge in [0.05, 0.1) is 18.3 Å². The highest BCUT2D eigenvalue weighted by Gasteiger charge is 2.58. The van der Waals surface area contributed by atoms with Crippen molar-refractivity contribution < 1.29 is 14.9 Å². The topological polar surface area (TPSA) is 75.7 Å². The molecule has 0 aromatic carbocycles. The van der Waals surface area contributed by atoms with Crippen LogP contribution in [0.4, 0.5) is 0 Å². The average Bonchev–Trinajstić information content (AvgIpc) is 2.78. The third-order valence-corrected chi connectivity index (χ3v) is 7.99. The molecule has 4 aliphatic rings. The van der Waals surface area contributed by atoms with Crippen molar-refractivity contribution in [1.82, 2.24) is 0 Å². The minimum absolute atomic E-state index is 0.0122. The number of ether oxygens (including phenoxy) is 1. The van der Waals surface area contributed by atoms with E-state index in [2.05, 4.69) is 26.0 Å². The highest BCUT2D eigenvalue weighted by molar-refractivity contribution is 5.39. The van der Waals surface area contributed by atoms with E-state index in [1.54, 1.807) is 7.11 Å². The molecule has 0 radical (unpaired) electrons. The van der Waals surface area contributed by atoms with Crippen molar-refractivity contribution in [1.29, 1.82) is 0 Å². The molecule has 0 saturated heterocycles. The molecule has 0 spiro atoms. The third-order valence-electron chi connectivity index (χ3n) is 7.99. The van der Waals surface area contributed by atoms with Gasteiger partial charge >= 0.3 is 0 Å². The van der Waals surface area contributed by atoms with Crippen LogP contribution in [0.1, 0.15) is 46.0 Å². The molecule has 3 fully saturated rings. The van der Waals surface area contributed by atoms with Gasteiger partial charge in [-0.2, -0.15) is 0 Å². The molecule has 4 nitrogen and oxygen atoms in total. The quantitative estimate of drug-likeness (QED) is 0.687. The monoisotopic (exact) mass is 333 g/mol. The van der Waals surface area contributed by atoms with E-state index in [1.807, 2.05) is 0 Å². The standard InChI is InChI=1S/C20H31NO3/c1-19-7-6-13-12(14(19)9-16(23)18(19)21)5-4-11-8-15(22)17(24-3)10-20(11,13)2/h4-5,13-18,22-23H,6-10,21H2,1-3H3/t13-,14+,15?,16?,17?,18?,19+,20+/m1/s1. The van der Waals surface area contributed by atoms with E-state index in [4.69, 9.17) is 10.5 Å². The van der Waals surface area contributed by atoms with Gasteiger partial charge in [0.2, 0.25) is 0 Å². The highest BCUT2D eigenvalue weighted by atomic mass is 16.5. The molecular formula is C20H31NO3. The first-order chi connectivity index (χ1) is 11.3. The number of rotatable bonds is 1. The number of nitrogens with two attached hydrogens (primary N) is 1. The number of allylic oxidation sites excluding steroid dienone is 3. The predicted molar refractivity (Wildman–Crippen MR) is 93.2 cm³/mol. The minimum Gasteiger partial charge on any atom is -0.391 e. The van der Waals surface area contributed by atoms with E-state index in [-0.39, 0.29) is 23.0 Å². The van der Waals surface area contributed by atoms with Gasteiger partial charge < -0.3 is 20.7 Å². The van der Waals surface area contributed by atoms with Crippen LogP contribution in [0.25, 0.3) is 0 Å². The predicted octanol–water partition coefficient (Wildman–Crippen LogP) is 2.15. The fourth-order valence-corrected chi connectivity index (χ4v) is 6.31. The Hall–Kier alpha value is -0.680. The van der Waals surface area contributed by atoms with Crippen LogP contribution in [0, 0.1) is 22.7 Å². The Morgan fingerprint density at radius 2 is 1.92 bits per heavy atom. The number of hydrogen-bond donors (Lipinski definition) is 3. The van der Waals surface area contributed by atoms with Gasteiger partial charge in [-0.05, 0) is 54.8 Å². The summed E-state index contributed by atoms with van der Waals surface area (Å²) in [6.07, 6.45) is 8.19. The van der Waals surface area contributed by atoms with Gasteiger partial charge in [-0.1, -0.05) is 37.1 Å². The molecule has 3 saturated carbocycles. The van der Waals surface area contributed by atoms with E-state index < -0.39 is 12.2 Å². The zero-order valence-corrected chi connectivity index (χ0v) is 15.0. The first-order valence-electron chi connectivity index (χ1n) is 9.37. The van der Waals surface area contributed by atoms with Crippen molar-refractivity contribution in [3.05, 3.63) is 23.3 Å². The number of aliphatic hydroxyl groups is 2. The number of methoxy groups -OCH3 is 1. The molecule has 0 amide bonds. The van der Waals surface area contributed by atoms with Crippen molar-refractivity contribution >= 4 is 0 Å². The molecule has 0 heterocycles. The van der Waals surface area contributed by atoms with E-state index in [0.29, 0.717) is 18.3 Å². The van der Waals surface area contributed by atoms with Crippen LogP contribution in [0.2, 0.25) is 0 Å². The van der Waals surface area contributed by atoms with Crippen molar-refractivity contribution in [2.24, 2.45) is 28.4 Å². The Morgan fingerprint density at radius 3 is 2.62 bits per heavy atom. The third kappa shape index (κ3) is 2.06.